The molecule has 2 fully saturated rings. The smallest absolute Gasteiger partial charge is 0.0737 e. The minimum absolute atomic E-state index is 0.402. The van der Waals surface area contributed by atoms with Gasteiger partial charge in [0.1, 0.15) is 0 Å². The van der Waals surface area contributed by atoms with E-state index in [-0.39, 0.29) is 0 Å². The first-order chi connectivity index (χ1) is 10.2. The number of hydrogen-bond acceptors (Lipinski definition) is 3. The molecule has 4 heteroatoms. The summed E-state index contributed by atoms with van der Waals surface area (Å²) in [5.74, 6) is 1.56. The van der Waals surface area contributed by atoms with Gasteiger partial charge < -0.3 is 10.6 Å². The highest BCUT2D eigenvalue weighted by atomic mass is 35.5. The number of benzene rings is 1. The average Bonchev–Trinajstić information content (AvgIpc) is 2.89. The number of pyridine rings is 1. The Morgan fingerprint density at radius 3 is 2.90 bits per heavy atom. The lowest BCUT2D eigenvalue weighted by molar-refractivity contribution is 0.271. The van der Waals surface area contributed by atoms with Crippen molar-refractivity contribution in [2.75, 3.05) is 18.0 Å². The molecule has 2 aliphatic rings. The van der Waals surface area contributed by atoms with Crippen LogP contribution in [0.5, 0.6) is 0 Å². The van der Waals surface area contributed by atoms with E-state index in [9.17, 15) is 0 Å². The van der Waals surface area contributed by atoms with Gasteiger partial charge in [-0.3, -0.25) is 4.98 Å². The fraction of sp³-hybridized carbons (Fsp3) is 0.471. The van der Waals surface area contributed by atoms with Crippen LogP contribution in [0.2, 0.25) is 5.02 Å². The molecule has 0 amide bonds. The second-order valence-electron chi connectivity index (χ2n) is 6.49. The van der Waals surface area contributed by atoms with Gasteiger partial charge in [-0.1, -0.05) is 11.6 Å². The fourth-order valence-electron chi connectivity index (χ4n) is 4.05. The molecule has 3 nitrogen and oxygen atoms in total. The zero-order chi connectivity index (χ0) is 14.4. The molecule has 1 aliphatic heterocycles. The van der Waals surface area contributed by atoms with Crippen molar-refractivity contribution in [3.05, 3.63) is 35.5 Å². The molecule has 1 saturated heterocycles. The van der Waals surface area contributed by atoms with Gasteiger partial charge in [-0.2, -0.15) is 0 Å². The quantitative estimate of drug-likeness (QED) is 0.877. The Bertz CT molecular complexity index is 672. The Hall–Kier alpha value is -1.32. The molecule has 1 unspecified atom stereocenters. The number of halogens is 1. The number of nitrogens with two attached hydrogens (primary N) is 1. The topological polar surface area (TPSA) is 42.1 Å². The first-order valence-electron chi connectivity index (χ1n) is 7.75. The molecule has 0 spiro atoms. The molecule has 2 aromatic rings. The monoisotopic (exact) mass is 301 g/mol. The number of nitrogens with zero attached hydrogens (tertiary/aromatic N) is 2. The molecule has 0 bridgehead atoms. The van der Waals surface area contributed by atoms with Gasteiger partial charge in [0.2, 0.25) is 0 Å². The number of rotatable bonds is 1. The van der Waals surface area contributed by atoms with Gasteiger partial charge in [-0.25, -0.2) is 0 Å². The maximum Gasteiger partial charge on any atom is 0.0737 e. The number of anilines is 1. The first-order valence-corrected chi connectivity index (χ1v) is 8.13. The summed E-state index contributed by atoms with van der Waals surface area (Å²) in [6.45, 7) is 2.28. The van der Waals surface area contributed by atoms with E-state index in [1.165, 1.54) is 30.3 Å². The molecule has 110 valence electrons. The van der Waals surface area contributed by atoms with Gasteiger partial charge in [0.15, 0.2) is 0 Å². The maximum absolute atomic E-state index is 6.14. The molecule has 21 heavy (non-hydrogen) atoms. The Labute approximate surface area is 130 Å². The van der Waals surface area contributed by atoms with E-state index in [2.05, 4.69) is 22.0 Å². The van der Waals surface area contributed by atoms with Gasteiger partial charge in [0.25, 0.3) is 0 Å². The van der Waals surface area contributed by atoms with E-state index >= 15 is 0 Å². The second kappa shape index (κ2) is 5.15. The van der Waals surface area contributed by atoms with Crippen LogP contribution in [-0.2, 0) is 0 Å². The predicted octanol–water partition coefficient (Wildman–Crippen LogP) is 3.45. The lowest BCUT2D eigenvalue weighted by Crippen LogP contribution is -2.32. The van der Waals surface area contributed by atoms with Crippen LogP contribution in [0.15, 0.2) is 30.5 Å². The van der Waals surface area contributed by atoms with E-state index in [1.54, 1.807) is 0 Å². The molecule has 1 saturated carbocycles. The molecule has 1 aromatic carbocycles. The summed E-state index contributed by atoms with van der Waals surface area (Å²) in [5.41, 5.74) is 8.41. The minimum atomic E-state index is 0.402. The Balaban J connectivity index is 1.68. The summed E-state index contributed by atoms with van der Waals surface area (Å²) in [4.78, 5) is 6.96. The normalized spacial score (nSPS) is 28.9. The lowest BCUT2D eigenvalue weighted by Gasteiger charge is -2.27. The standard InChI is InChI=1S/C17H20ClN3/c18-13-2-4-15-16(8-13)20-6-5-17(15)21-9-11-1-3-14(19)7-12(11)10-21/h2,4-6,8,11-12,14H,1,3,7,9-10,19H2/t11-,12+,14?/m1/s1. The predicted molar refractivity (Wildman–Crippen MR) is 87.8 cm³/mol. The third-order valence-electron chi connectivity index (χ3n) is 5.11. The van der Waals surface area contributed by atoms with Crippen molar-refractivity contribution in [2.24, 2.45) is 17.6 Å². The van der Waals surface area contributed by atoms with Crippen molar-refractivity contribution in [2.45, 2.75) is 25.3 Å². The SMILES string of the molecule is NC1CC[C@@H]2CN(c3ccnc4cc(Cl)ccc34)C[C@@H]2C1. The van der Waals surface area contributed by atoms with Crippen LogP contribution in [0, 0.1) is 11.8 Å². The van der Waals surface area contributed by atoms with E-state index in [0.717, 1.165) is 35.5 Å². The van der Waals surface area contributed by atoms with Crippen LogP contribution in [-0.4, -0.2) is 24.1 Å². The van der Waals surface area contributed by atoms with E-state index in [4.69, 9.17) is 17.3 Å². The number of fused-ring (bicyclic) bond motifs is 2. The largest absolute Gasteiger partial charge is 0.370 e. The minimum Gasteiger partial charge on any atom is -0.370 e. The van der Waals surface area contributed by atoms with Crippen LogP contribution in [0.25, 0.3) is 10.9 Å². The van der Waals surface area contributed by atoms with Gasteiger partial charge in [0, 0.05) is 41.4 Å². The molecular weight excluding hydrogens is 282 g/mol. The summed E-state index contributed by atoms with van der Waals surface area (Å²) >= 11 is 6.08. The summed E-state index contributed by atoms with van der Waals surface area (Å²) in [7, 11) is 0. The third-order valence-corrected chi connectivity index (χ3v) is 5.35. The van der Waals surface area contributed by atoms with Crippen molar-refractivity contribution < 1.29 is 0 Å². The molecule has 3 atom stereocenters. The third kappa shape index (κ3) is 2.39. The first kappa shape index (κ1) is 13.4. The van der Waals surface area contributed by atoms with Crippen molar-refractivity contribution in [1.29, 1.82) is 0 Å². The van der Waals surface area contributed by atoms with Crippen molar-refractivity contribution >= 4 is 28.2 Å². The molecule has 1 aromatic heterocycles. The van der Waals surface area contributed by atoms with Gasteiger partial charge in [0.05, 0.1) is 5.52 Å². The molecule has 2 heterocycles. The fourth-order valence-corrected chi connectivity index (χ4v) is 4.21. The summed E-state index contributed by atoms with van der Waals surface area (Å²) in [5, 5.41) is 1.94. The van der Waals surface area contributed by atoms with Gasteiger partial charge >= 0.3 is 0 Å². The Morgan fingerprint density at radius 2 is 2.00 bits per heavy atom. The van der Waals surface area contributed by atoms with E-state index < -0.39 is 0 Å². The van der Waals surface area contributed by atoms with Gasteiger partial charge in [-0.05, 0) is 55.4 Å². The molecule has 0 radical (unpaired) electrons. The van der Waals surface area contributed by atoms with Crippen LogP contribution in [0.3, 0.4) is 0 Å². The lowest BCUT2D eigenvalue weighted by atomic mass is 9.79. The van der Waals surface area contributed by atoms with Crippen molar-refractivity contribution in [3.63, 3.8) is 0 Å². The molecular formula is C17H20ClN3. The molecule has 2 N–H and O–H groups in total. The van der Waals surface area contributed by atoms with Crippen LogP contribution >= 0.6 is 11.6 Å². The average molecular weight is 302 g/mol. The van der Waals surface area contributed by atoms with Crippen LogP contribution in [0.1, 0.15) is 19.3 Å². The maximum atomic E-state index is 6.14. The highest BCUT2D eigenvalue weighted by molar-refractivity contribution is 6.31. The van der Waals surface area contributed by atoms with Crippen LogP contribution < -0.4 is 10.6 Å². The zero-order valence-electron chi connectivity index (χ0n) is 12.0. The number of aromatic nitrogens is 1. The van der Waals surface area contributed by atoms with E-state index in [1.807, 2.05) is 18.3 Å². The van der Waals surface area contributed by atoms with Crippen molar-refractivity contribution in [3.8, 4) is 0 Å². The second-order valence-corrected chi connectivity index (χ2v) is 6.93. The highest BCUT2D eigenvalue weighted by Gasteiger charge is 2.37. The van der Waals surface area contributed by atoms with Gasteiger partial charge in [-0.15, -0.1) is 0 Å². The highest BCUT2D eigenvalue weighted by Crippen LogP contribution is 2.39. The van der Waals surface area contributed by atoms with E-state index in [0.29, 0.717) is 6.04 Å². The molecule has 1 aliphatic carbocycles. The molecule has 4 rings (SSSR count). The van der Waals surface area contributed by atoms with Crippen LogP contribution in [0.4, 0.5) is 5.69 Å². The number of hydrogen-bond donors (Lipinski definition) is 1. The zero-order valence-corrected chi connectivity index (χ0v) is 12.8. The Morgan fingerprint density at radius 1 is 1.14 bits per heavy atom. The van der Waals surface area contributed by atoms with Crippen molar-refractivity contribution in [1.82, 2.24) is 4.98 Å². The summed E-state index contributed by atoms with van der Waals surface area (Å²) in [6, 6.07) is 8.52. The summed E-state index contributed by atoms with van der Waals surface area (Å²) < 4.78 is 0. The Kier molecular flexibility index (Phi) is 3.27. The summed E-state index contributed by atoms with van der Waals surface area (Å²) in [6.07, 6.45) is 5.52.